The lowest BCUT2D eigenvalue weighted by atomic mass is 9.41. The molecule has 3 aliphatic carbocycles. The minimum atomic E-state index is 0.0470. The Bertz CT molecular complexity index is 625. The van der Waals surface area contributed by atoms with Crippen molar-refractivity contribution in [3.05, 3.63) is 23.7 Å². The first kappa shape index (κ1) is 14.5. The molecule has 0 bridgehead atoms. The summed E-state index contributed by atoms with van der Waals surface area (Å²) in [7, 11) is 0. The maximum Gasteiger partial charge on any atom is 0.166 e. The van der Waals surface area contributed by atoms with Crippen molar-refractivity contribution in [2.24, 2.45) is 22.7 Å². The first-order chi connectivity index (χ1) is 10.3. The Labute approximate surface area is 133 Å². The fourth-order valence-electron chi connectivity index (χ4n) is 6.65. The second-order valence-corrected chi connectivity index (χ2v) is 9.20. The van der Waals surface area contributed by atoms with E-state index in [-0.39, 0.29) is 10.8 Å². The number of fused-ring (bicyclic) bond motifs is 5. The number of carbonyl (C=O) groups is 1. The fourth-order valence-corrected chi connectivity index (χ4v) is 6.65. The molecule has 0 unspecified atom stereocenters. The van der Waals surface area contributed by atoms with Gasteiger partial charge in [0.15, 0.2) is 5.78 Å². The van der Waals surface area contributed by atoms with Gasteiger partial charge in [-0.2, -0.15) is 0 Å². The van der Waals surface area contributed by atoms with E-state index < -0.39 is 0 Å². The predicted octanol–water partition coefficient (Wildman–Crippen LogP) is 5.37. The van der Waals surface area contributed by atoms with Crippen molar-refractivity contribution < 1.29 is 9.21 Å². The Morgan fingerprint density at radius 3 is 2.64 bits per heavy atom. The molecule has 1 heterocycles. The molecule has 0 saturated heterocycles. The van der Waals surface area contributed by atoms with Crippen LogP contribution < -0.4 is 0 Å². The van der Waals surface area contributed by atoms with Gasteiger partial charge in [-0.1, -0.05) is 34.1 Å². The summed E-state index contributed by atoms with van der Waals surface area (Å²) in [6.07, 6.45) is 8.76. The molecular formula is C20H28O2. The highest BCUT2D eigenvalue weighted by molar-refractivity contribution is 5.98. The Morgan fingerprint density at radius 2 is 1.86 bits per heavy atom. The zero-order valence-electron chi connectivity index (χ0n) is 14.4. The van der Waals surface area contributed by atoms with Gasteiger partial charge in [0.2, 0.25) is 0 Å². The second kappa shape index (κ2) is 4.27. The number of Topliss-reactive ketones (excluding diaryl/α,β-unsaturated/α-hetero) is 1. The summed E-state index contributed by atoms with van der Waals surface area (Å²) < 4.78 is 5.85. The average Bonchev–Trinajstić information content (AvgIpc) is 2.91. The van der Waals surface area contributed by atoms with E-state index in [9.17, 15) is 4.79 Å². The van der Waals surface area contributed by atoms with Gasteiger partial charge in [-0.25, -0.2) is 0 Å². The maximum absolute atomic E-state index is 12.7. The Morgan fingerprint density at radius 1 is 1.09 bits per heavy atom. The van der Waals surface area contributed by atoms with E-state index in [2.05, 4.69) is 27.7 Å². The summed E-state index contributed by atoms with van der Waals surface area (Å²) in [4.78, 5) is 12.7. The van der Waals surface area contributed by atoms with Crippen LogP contribution in [-0.2, 0) is 5.41 Å². The minimum Gasteiger partial charge on any atom is -0.468 e. The van der Waals surface area contributed by atoms with E-state index in [0.29, 0.717) is 23.5 Å². The molecule has 2 nitrogen and oxygen atoms in total. The Hall–Kier alpha value is -1.05. The van der Waals surface area contributed by atoms with Crippen LogP contribution >= 0.6 is 0 Å². The van der Waals surface area contributed by atoms with E-state index in [1.54, 1.807) is 6.26 Å². The molecule has 4 atom stereocenters. The number of carbonyl (C=O) groups excluding carboxylic acids is 1. The van der Waals surface area contributed by atoms with E-state index in [4.69, 9.17) is 4.42 Å². The maximum atomic E-state index is 12.7. The third kappa shape index (κ3) is 1.64. The van der Waals surface area contributed by atoms with Gasteiger partial charge in [0, 0.05) is 11.8 Å². The highest BCUT2D eigenvalue weighted by atomic mass is 16.3. The SMILES string of the molecule is CC1(C)CCC[C@]2(C)[C@H]3CC(=O)c4ccoc4[C@]3(C)CC[C@@H]12. The summed E-state index contributed by atoms with van der Waals surface area (Å²) in [6, 6.07) is 1.89. The van der Waals surface area contributed by atoms with Gasteiger partial charge in [-0.3, -0.25) is 4.79 Å². The molecule has 0 spiro atoms. The largest absolute Gasteiger partial charge is 0.468 e. The topological polar surface area (TPSA) is 30.2 Å². The summed E-state index contributed by atoms with van der Waals surface area (Å²) >= 11 is 0. The molecule has 4 rings (SSSR count). The van der Waals surface area contributed by atoms with Crippen LogP contribution in [0.4, 0.5) is 0 Å². The Kier molecular flexibility index (Phi) is 2.82. The monoisotopic (exact) mass is 300 g/mol. The van der Waals surface area contributed by atoms with E-state index in [1.807, 2.05) is 6.07 Å². The number of hydrogen-bond acceptors (Lipinski definition) is 2. The second-order valence-electron chi connectivity index (χ2n) is 9.20. The van der Waals surface area contributed by atoms with E-state index in [1.165, 1.54) is 25.7 Å². The molecule has 0 amide bonds. The zero-order valence-corrected chi connectivity index (χ0v) is 14.4. The lowest BCUT2D eigenvalue weighted by molar-refractivity contribution is -0.110. The normalized spacial score (nSPS) is 43.2. The molecule has 0 radical (unpaired) electrons. The van der Waals surface area contributed by atoms with Gasteiger partial charge < -0.3 is 4.42 Å². The molecular weight excluding hydrogens is 272 g/mol. The van der Waals surface area contributed by atoms with Crippen molar-refractivity contribution in [1.29, 1.82) is 0 Å². The van der Waals surface area contributed by atoms with Crippen LogP contribution in [0.1, 0.15) is 82.3 Å². The number of rotatable bonds is 0. The minimum absolute atomic E-state index is 0.0470. The molecule has 0 N–H and O–H groups in total. The number of furan rings is 1. The van der Waals surface area contributed by atoms with Crippen LogP contribution in [0.3, 0.4) is 0 Å². The average molecular weight is 300 g/mol. The quantitative estimate of drug-likeness (QED) is 0.645. The van der Waals surface area contributed by atoms with Gasteiger partial charge in [0.25, 0.3) is 0 Å². The molecule has 1 aromatic rings. The van der Waals surface area contributed by atoms with Crippen LogP contribution in [0.15, 0.2) is 16.7 Å². The van der Waals surface area contributed by atoms with Crippen molar-refractivity contribution >= 4 is 5.78 Å². The fraction of sp³-hybridized carbons (Fsp3) is 0.750. The first-order valence-corrected chi connectivity index (χ1v) is 8.90. The van der Waals surface area contributed by atoms with Crippen LogP contribution in [0.25, 0.3) is 0 Å². The summed E-state index contributed by atoms with van der Waals surface area (Å²) in [6.45, 7) is 9.72. The smallest absolute Gasteiger partial charge is 0.166 e. The van der Waals surface area contributed by atoms with Crippen LogP contribution in [-0.4, -0.2) is 5.78 Å². The highest BCUT2D eigenvalue weighted by Gasteiger charge is 2.61. The lowest BCUT2D eigenvalue weighted by Gasteiger charge is -2.63. The van der Waals surface area contributed by atoms with Crippen molar-refractivity contribution in [2.45, 2.75) is 71.6 Å². The van der Waals surface area contributed by atoms with Crippen molar-refractivity contribution in [2.75, 3.05) is 0 Å². The van der Waals surface area contributed by atoms with E-state index >= 15 is 0 Å². The number of ketones is 1. The van der Waals surface area contributed by atoms with Crippen molar-refractivity contribution in [1.82, 2.24) is 0 Å². The van der Waals surface area contributed by atoms with Crippen LogP contribution in [0.5, 0.6) is 0 Å². The zero-order chi connectivity index (χ0) is 15.8. The molecule has 1 aromatic heterocycles. The lowest BCUT2D eigenvalue weighted by Crippen LogP contribution is -2.58. The van der Waals surface area contributed by atoms with Crippen molar-refractivity contribution in [3.8, 4) is 0 Å². The van der Waals surface area contributed by atoms with Gasteiger partial charge >= 0.3 is 0 Å². The van der Waals surface area contributed by atoms with Gasteiger partial charge in [-0.05, 0) is 54.4 Å². The standard InChI is InChI=1S/C20H28O2/c1-18(2)8-5-9-19(3)15(18)6-10-20(4)16(19)12-14(21)13-7-11-22-17(13)20/h7,11,15-16H,5-6,8-10,12H2,1-4H3/t15-,16+,19-,20+/m0/s1. The third-order valence-electron chi connectivity index (χ3n) is 7.67. The van der Waals surface area contributed by atoms with E-state index in [0.717, 1.165) is 23.7 Å². The molecule has 2 heteroatoms. The van der Waals surface area contributed by atoms with Crippen LogP contribution in [0.2, 0.25) is 0 Å². The van der Waals surface area contributed by atoms with Gasteiger partial charge in [0.1, 0.15) is 5.76 Å². The molecule has 2 fully saturated rings. The molecule has 0 aromatic carbocycles. The summed E-state index contributed by atoms with van der Waals surface area (Å²) in [5, 5.41) is 0. The van der Waals surface area contributed by atoms with Crippen molar-refractivity contribution in [3.63, 3.8) is 0 Å². The summed E-state index contributed by atoms with van der Waals surface area (Å²) in [5.41, 5.74) is 1.58. The summed E-state index contributed by atoms with van der Waals surface area (Å²) in [5.74, 6) is 2.45. The predicted molar refractivity (Wildman–Crippen MR) is 87.0 cm³/mol. The molecule has 3 aliphatic rings. The van der Waals surface area contributed by atoms with Gasteiger partial charge in [0.05, 0.1) is 11.8 Å². The number of hydrogen-bond donors (Lipinski definition) is 0. The molecule has 0 aliphatic heterocycles. The molecule has 22 heavy (non-hydrogen) atoms. The van der Waals surface area contributed by atoms with Crippen LogP contribution in [0, 0.1) is 22.7 Å². The Balaban J connectivity index is 1.84. The van der Waals surface area contributed by atoms with Gasteiger partial charge in [-0.15, -0.1) is 0 Å². The third-order valence-corrected chi connectivity index (χ3v) is 7.67. The molecule has 2 saturated carbocycles. The first-order valence-electron chi connectivity index (χ1n) is 8.90. The molecule has 120 valence electrons. The highest BCUT2D eigenvalue weighted by Crippen LogP contribution is 2.66.